The molecule has 0 radical (unpaired) electrons. The summed E-state index contributed by atoms with van der Waals surface area (Å²) in [7, 11) is 3.66. The molecule has 4 atom stereocenters. The molecule has 0 fully saturated rings. The maximum atomic E-state index is 6.82. The average Bonchev–Trinajstić information content (AvgIpc) is 3.49. The van der Waals surface area contributed by atoms with Crippen molar-refractivity contribution in [2.45, 2.75) is 232 Å². The lowest BCUT2D eigenvalue weighted by atomic mass is 9.66. The first-order valence-corrected chi connectivity index (χ1v) is 23.6. The van der Waals surface area contributed by atoms with Gasteiger partial charge in [-0.1, -0.05) is 111 Å². The van der Waals surface area contributed by atoms with Gasteiger partial charge in [0.1, 0.15) is 0 Å². The standard InChI is InChI=1S/C54H90O4/c1-18-48(10,11)42-27-29-44-45-30-28-43(53(23-6,24-7)41(8)9)40-47(45)54(46(44)39-42,33-25-31-51(14,21-4)57-37-35-49(12,19-2)55-16)34-26-32-52(15,22-5)58-38-36-50(13,20-3)56-17/h27-30,39-40H,8,18-26,31-38H2,1-7,9-17H3. The minimum Gasteiger partial charge on any atom is -0.378 e. The van der Waals surface area contributed by atoms with Crippen LogP contribution in [0.4, 0.5) is 0 Å². The van der Waals surface area contributed by atoms with E-state index in [9.17, 15) is 0 Å². The van der Waals surface area contributed by atoms with Crippen LogP contribution in [0.2, 0.25) is 0 Å². The molecule has 1 aliphatic rings. The summed E-state index contributed by atoms with van der Waals surface area (Å²) in [5.74, 6) is 0. The third kappa shape index (κ3) is 11.1. The number of fused-ring (bicyclic) bond motifs is 3. The van der Waals surface area contributed by atoms with Gasteiger partial charge in [0.2, 0.25) is 0 Å². The molecule has 0 aromatic heterocycles. The molecule has 0 amide bonds. The van der Waals surface area contributed by atoms with Crippen molar-refractivity contribution in [1.29, 1.82) is 0 Å². The summed E-state index contributed by atoms with van der Waals surface area (Å²) < 4.78 is 25.4. The zero-order valence-corrected chi connectivity index (χ0v) is 40.8. The second kappa shape index (κ2) is 20.7. The summed E-state index contributed by atoms with van der Waals surface area (Å²) in [5, 5.41) is 0. The van der Waals surface area contributed by atoms with Crippen molar-refractivity contribution < 1.29 is 18.9 Å². The second-order valence-corrected chi connectivity index (χ2v) is 19.9. The molecule has 0 spiro atoms. The maximum Gasteiger partial charge on any atom is 0.0670 e. The molecule has 2 aromatic rings. The Hall–Kier alpha value is -1.98. The molecule has 3 rings (SSSR count). The van der Waals surface area contributed by atoms with Gasteiger partial charge in [-0.05, 0) is 170 Å². The Labute approximate surface area is 359 Å². The zero-order chi connectivity index (χ0) is 43.6. The number of allylic oxidation sites excluding steroid dienone is 1. The highest BCUT2D eigenvalue weighted by Crippen LogP contribution is 2.57. The van der Waals surface area contributed by atoms with Crippen LogP contribution in [-0.4, -0.2) is 49.8 Å². The van der Waals surface area contributed by atoms with Gasteiger partial charge in [0.25, 0.3) is 0 Å². The number of benzene rings is 2. The Kier molecular flexibility index (Phi) is 18.0. The average molecular weight is 803 g/mol. The van der Waals surface area contributed by atoms with E-state index >= 15 is 0 Å². The van der Waals surface area contributed by atoms with E-state index in [4.69, 9.17) is 18.9 Å². The Balaban J connectivity index is 2.17. The van der Waals surface area contributed by atoms with E-state index in [1.807, 2.05) is 14.2 Å². The van der Waals surface area contributed by atoms with Crippen LogP contribution >= 0.6 is 0 Å². The number of ether oxygens (including phenoxy) is 4. The van der Waals surface area contributed by atoms with Gasteiger partial charge < -0.3 is 18.9 Å². The summed E-state index contributed by atoms with van der Waals surface area (Å²) in [6.45, 7) is 38.2. The highest BCUT2D eigenvalue weighted by Gasteiger charge is 2.45. The molecule has 2 aromatic carbocycles. The molecular formula is C54H90O4. The predicted octanol–water partition coefficient (Wildman–Crippen LogP) is 15.4. The molecule has 0 saturated heterocycles. The zero-order valence-electron chi connectivity index (χ0n) is 40.8. The van der Waals surface area contributed by atoms with Crippen LogP contribution in [0, 0.1) is 0 Å². The molecule has 330 valence electrons. The summed E-state index contributed by atoms with van der Waals surface area (Å²) in [4.78, 5) is 0. The Morgan fingerprint density at radius 3 is 1.28 bits per heavy atom. The number of methoxy groups -OCH3 is 2. The van der Waals surface area contributed by atoms with E-state index < -0.39 is 0 Å². The Morgan fingerprint density at radius 2 is 0.931 bits per heavy atom. The van der Waals surface area contributed by atoms with E-state index in [1.54, 1.807) is 0 Å². The molecule has 0 N–H and O–H groups in total. The van der Waals surface area contributed by atoms with Gasteiger partial charge in [0, 0.05) is 25.0 Å². The third-order valence-corrected chi connectivity index (χ3v) is 16.4. The van der Waals surface area contributed by atoms with Crippen molar-refractivity contribution in [2.24, 2.45) is 0 Å². The summed E-state index contributed by atoms with van der Waals surface area (Å²) in [6.07, 6.45) is 15.3. The number of rotatable bonds is 28. The van der Waals surface area contributed by atoms with Crippen molar-refractivity contribution in [3.05, 3.63) is 70.8 Å². The van der Waals surface area contributed by atoms with Gasteiger partial charge in [-0.25, -0.2) is 0 Å². The van der Waals surface area contributed by atoms with Crippen molar-refractivity contribution in [1.82, 2.24) is 0 Å². The van der Waals surface area contributed by atoms with Gasteiger partial charge in [-0.3, -0.25) is 0 Å². The fourth-order valence-electron chi connectivity index (χ4n) is 9.69. The van der Waals surface area contributed by atoms with E-state index in [0.717, 1.165) is 96.3 Å². The van der Waals surface area contributed by atoms with E-state index in [1.165, 1.54) is 39.0 Å². The molecule has 0 bridgehead atoms. The fourth-order valence-corrected chi connectivity index (χ4v) is 9.69. The van der Waals surface area contributed by atoms with Crippen LogP contribution in [-0.2, 0) is 35.2 Å². The number of hydrogen-bond donors (Lipinski definition) is 0. The molecule has 4 heteroatoms. The highest BCUT2D eigenvalue weighted by atomic mass is 16.5. The van der Waals surface area contributed by atoms with Crippen molar-refractivity contribution in [3.63, 3.8) is 0 Å². The molecule has 4 unspecified atom stereocenters. The van der Waals surface area contributed by atoms with E-state index in [2.05, 4.69) is 140 Å². The van der Waals surface area contributed by atoms with Crippen LogP contribution in [0.25, 0.3) is 11.1 Å². The molecule has 0 saturated carbocycles. The van der Waals surface area contributed by atoms with Crippen molar-refractivity contribution in [2.75, 3.05) is 27.4 Å². The minimum atomic E-state index is -0.189. The van der Waals surface area contributed by atoms with Crippen LogP contribution in [0.1, 0.15) is 215 Å². The van der Waals surface area contributed by atoms with Gasteiger partial charge in [0.05, 0.1) is 35.6 Å². The first-order chi connectivity index (χ1) is 27.2. The van der Waals surface area contributed by atoms with Crippen molar-refractivity contribution >= 4 is 0 Å². The van der Waals surface area contributed by atoms with Crippen LogP contribution in [0.5, 0.6) is 0 Å². The smallest absolute Gasteiger partial charge is 0.0670 e. The van der Waals surface area contributed by atoms with Gasteiger partial charge in [-0.15, -0.1) is 0 Å². The summed E-state index contributed by atoms with van der Waals surface area (Å²) in [6, 6.07) is 15.1. The maximum absolute atomic E-state index is 6.82. The largest absolute Gasteiger partial charge is 0.378 e. The van der Waals surface area contributed by atoms with E-state index in [0.29, 0.717) is 13.2 Å². The third-order valence-electron chi connectivity index (χ3n) is 16.4. The first-order valence-electron chi connectivity index (χ1n) is 23.6. The quantitative estimate of drug-likeness (QED) is 0.0803. The fraction of sp³-hybridized carbons (Fsp3) is 0.741. The number of hydrogen-bond acceptors (Lipinski definition) is 4. The summed E-state index contributed by atoms with van der Waals surface area (Å²) in [5.41, 5.74) is 9.27. The monoisotopic (exact) mass is 803 g/mol. The lowest BCUT2D eigenvalue weighted by molar-refractivity contribution is -0.0793. The molecule has 0 heterocycles. The van der Waals surface area contributed by atoms with Gasteiger partial charge >= 0.3 is 0 Å². The SMILES string of the molecule is C=C(C)C(CC)(CC)c1ccc2c(c1)C(CCCC(C)(CC)OCCC(C)(CC)OC)(CCCC(C)(CC)OCCC(C)(CC)OC)c1cc(C(C)(C)CC)ccc1-2. The molecule has 4 nitrogen and oxygen atoms in total. The van der Waals surface area contributed by atoms with E-state index in [-0.39, 0.29) is 38.6 Å². The van der Waals surface area contributed by atoms with Crippen LogP contribution in [0.15, 0.2) is 48.6 Å². The van der Waals surface area contributed by atoms with Crippen LogP contribution in [0.3, 0.4) is 0 Å². The molecule has 58 heavy (non-hydrogen) atoms. The predicted molar refractivity (Wildman–Crippen MR) is 251 cm³/mol. The molecule has 1 aliphatic carbocycles. The van der Waals surface area contributed by atoms with Crippen molar-refractivity contribution in [3.8, 4) is 11.1 Å². The normalized spacial score (nSPS) is 19.8. The lowest BCUT2D eigenvalue weighted by Crippen LogP contribution is -2.35. The first kappa shape index (κ1) is 50.4. The molecular weight excluding hydrogens is 713 g/mol. The molecule has 0 aliphatic heterocycles. The van der Waals surface area contributed by atoms with Crippen LogP contribution < -0.4 is 0 Å². The van der Waals surface area contributed by atoms with Gasteiger partial charge in [-0.2, -0.15) is 0 Å². The topological polar surface area (TPSA) is 36.9 Å². The minimum absolute atomic E-state index is 0.0431. The summed E-state index contributed by atoms with van der Waals surface area (Å²) >= 11 is 0. The highest BCUT2D eigenvalue weighted by molar-refractivity contribution is 5.82. The van der Waals surface area contributed by atoms with Gasteiger partial charge in [0.15, 0.2) is 0 Å². The Bertz CT molecular complexity index is 1550. The second-order valence-electron chi connectivity index (χ2n) is 19.9. The Morgan fingerprint density at radius 1 is 0.534 bits per heavy atom. The lowest BCUT2D eigenvalue weighted by Gasteiger charge is -2.39.